The van der Waals surface area contributed by atoms with Crippen LogP contribution in [-0.2, 0) is 22.6 Å². The van der Waals surface area contributed by atoms with Crippen molar-refractivity contribution in [1.82, 2.24) is 15.2 Å². The molecule has 0 saturated heterocycles. The molecular weight excluding hydrogens is 446 g/mol. The fourth-order valence-corrected chi connectivity index (χ4v) is 5.67. The quantitative estimate of drug-likeness (QED) is 0.349. The molecule has 3 heterocycles. The Bertz CT molecular complexity index is 1220. The maximum absolute atomic E-state index is 13.8. The van der Waals surface area contributed by atoms with Gasteiger partial charge in [0.15, 0.2) is 0 Å². The Hall–Kier alpha value is -3.32. The summed E-state index contributed by atoms with van der Waals surface area (Å²) in [5.74, 6) is 0.422. The van der Waals surface area contributed by atoms with Crippen molar-refractivity contribution in [1.29, 1.82) is 0 Å². The minimum Gasteiger partial charge on any atom is -0.467 e. The number of nitrogens with one attached hydrogen (secondary N) is 2. The number of rotatable bonds is 8. The summed E-state index contributed by atoms with van der Waals surface area (Å²) in [5.41, 5.74) is 1.91. The van der Waals surface area contributed by atoms with Gasteiger partial charge in [-0.05, 0) is 48.1 Å². The van der Waals surface area contributed by atoms with Gasteiger partial charge < -0.3 is 19.6 Å². The van der Waals surface area contributed by atoms with E-state index in [2.05, 4.69) is 10.3 Å². The number of amides is 2. The molecule has 1 fully saturated rings. The van der Waals surface area contributed by atoms with Crippen LogP contribution in [0.15, 0.2) is 70.8 Å². The van der Waals surface area contributed by atoms with Crippen LogP contribution in [0, 0.1) is 0 Å². The molecule has 34 heavy (non-hydrogen) atoms. The SMILES string of the molecule is O=C(NC1CCCCC1)C(c1cccs1)N(Cc1ccco1)C(=O)Cc1c[nH]c2ccccc12. The van der Waals surface area contributed by atoms with Gasteiger partial charge in [0.2, 0.25) is 11.8 Å². The lowest BCUT2D eigenvalue weighted by Gasteiger charge is -2.32. The first-order valence-electron chi connectivity index (χ1n) is 11.9. The van der Waals surface area contributed by atoms with E-state index in [0.717, 1.165) is 47.0 Å². The van der Waals surface area contributed by atoms with Crippen LogP contribution in [0.4, 0.5) is 0 Å². The van der Waals surface area contributed by atoms with E-state index in [1.165, 1.54) is 17.8 Å². The van der Waals surface area contributed by atoms with E-state index in [1.807, 2.05) is 54.0 Å². The highest BCUT2D eigenvalue weighted by atomic mass is 32.1. The summed E-state index contributed by atoms with van der Waals surface area (Å²) in [7, 11) is 0. The molecule has 0 aliphatic heterocycles. The van der Waals surface area contributed by atoms with E-state index >= 15 is 0 Å². The van der Waals surface area contributed by atoms with Crippen LogP contribution in [0.2, 0.25) is 0 Å². The Morgan fingerprint density at radius 1 is 1.09 bits per heavy atom. The number of fused-ring (bicyclic) bond motifs is 1. The lowest BCUT2D eigenvalue weighted by Crippen LogP contribution is -2.47. The van der Waals surface area contributed by atoms with Crippen LogP contribution in [0.3, 0.4) is 0 Å². The number of H-pyrrole nitrogens is 1. The number of nitrogens with zero attached hydrogens (tertiary/aromatic N) is 1. The lowest BCUT2D eigenvalue weighted by molar-refractivity contribution is -0.141. The molecule has 1 aliphatic rings. The summed E-state index contributed by atoms with van der Waals surface area (Å²) >= 11 is 1.50. The summed E-state index contributed by atoms with van der Waals surface area (Å²) in [6.45, 7) is 0.231. The Labute approximate surface area is 203 Å². The second-order valence-corrected chi connectivity index (χ2v) is 9.88. The number of furan rings is 1. The Balaban J connectivity index is 1.46. The van der Waals surface area contributed by atoms with Gasteiger partial charge in [-0.2, -0.15) is 0 Å². The zero-order valence-corrected chi connectivity index (χ0v) is 19.9. The number of aromatic nitrogens is 1. The van der Waals surface area contributed by atoms with Crippen molar-refractivity contribution in [3.05, 3.63) is 82.6 Å². The maximum Gasteiger partial charge on any atom is 0.248 e. The molecule has 5 rings (SSSR count). The fourth-order valence-electron chi connectivity index (χ4n) is 4.83. The van der Waals surface area contributed by atoms with Gasteiger partial charge >= 0.3 is 0 Å². The highest BCUT2D eigenvalue weighted by molar-refractivity contribution is 7.10. The number of hydrogen-bond acceptors (Lipinski definition) is 4. The molecule has 1 aromatic carbocycles. The minimum absolute atomic E-state index is 0.113. The lowest BCUT2D eigenvalue weighted by atomic mass is 9.95. The predicted molar refractivity (Wildman–Crippen MR) is 133 cm³/mol. The van der Waals surface area contributed by atoms with Gasteiger partial charge in [-0.15, -0.1) is 11.3 Å². The smallest absolute Gasteiger partial charge is 0.248 e. The first-order chi connectivity index (χ1) is 16.7. The standard InChI is InChI=1S/C27H29N3O3S/c31-25(16-19-17-28-23-12-5-4-11-22(19)23)30(18-21-10-6-14-33-21)26(24-13-7-15-34-24)27(32)29-20-8-2-1-3-9-20/h4-7,10-15,17,20,26,28H,1-3,8-9,16,18H2,(H,29,32). The Kier molecular flexibility index (Phi) is 6.81. The third-order valence-electron chi connectivity index (χ3n) is 6.57. The number of hydrogen-bond donors (Lipinski definition) is 2. The normalized spacial score (nSPS) is 15.3. The van der Waals surface area contributed by atoms with Crippen molar-refractivity contribution in [2.24, 2.45) is 0 Å². The molecule has 0 spiro atoms. The van der Waals surface area contributed by atoms with E-state index < -0.39 is 6.04 Å². The van der Waals surface area contributed by atoms with Gasteiger partial charge in [0, 0.05) is 28.0 Å². The van der Waals surface area contributed by atoms with Crippen molar-refractivity contribution in [3.8, 4) is 0 Å². The number of thiophene rings is 1. The molecule has 4 aromatic rings. The van der Waals surface area contributed by atoms with Gasteiger partial charge in [-0.1, -0.05) is 43.5 Å². The van der Waals surface area contributed by atoms with Crippen molar-refractivity contribution in [2.75, 3.05) is 0 Å². The molecule has 1 atom stereocenters. The zero-order valence-electron chi connectivity index (χ0n) is 19.0. The molecule has 1 unspecified atom stereocenters. The highest BCUT2D eigenvalue weighted by Crippen LogP contribution is 2.30. The second kappa shape index (κ2) is 10.3. The average Bonchev–Trinajstić information content (AvgIpc) is 3.63. The summed E-state index contributed by atoms with van der Waals surface area (Å²) in [6.07, 6.45) is 9.14. The van der Waals surface area contributed by atoms with Crippen LogP contribution in [0.5, 0.6) is 0 Å². The van der Waals surface area contributed by atoms with Gasteiger partial charge in [0.1, 0.15) is 11.8 Å². The minimum atomic E-state index is -0.704. The average molecular weight is 476 g/mol. The number of aromatic amines is 1. The molecule has 176 valence electrons. The summed E-state index contributed by atoms with van der Waals surface area (Å²) in [5, 5.41) is 6.22. The first kappa shape index (κ1) is 22.5. The molecule has 2 N–H and O–H groups in total. The third-order valence-corrected chi connectivity index (χ3v) is 7.49. The maximum atomic E-state index is 13.8. The second-order valence-electron chi connectivity index (χ2n) is 8.90. The van der Waals surface area contributed by atoms with E-state index in [9.17, 15) is 9.59 Å². The molecular formula is C27H29N3O3S. The molecule has 1 saturated carbocycles. The van der Waals surface area contributed by atoms with E-state index in [4.69, 9.17) is 4.42 Å². The van der Waals surface area contributed by atoms with E-state index in [1.54, 1.807) is 17.2 Å². The zero-order chi connectivity index (χ0) is 23.3. The van der Waals surface area contributed by atoms with Crippen LogP contribution in [-0.4, -0.2) is 27.7 Å². The molecule has 0 bridgehead atoms. The van der Waals surface area contributed by atoms with Crippen LogP contribution >= 0.6 is 11.3 Å². The summed E-state index contributed by atoms with van der Waals surface area (Å²) in [6, 6.07) is 14.9. The summed E-state index contributed by atoms with van der Waals surface area (Å²) in [4.78, 5) is 33.2. The van der Waals surface area contributed by atoms with Crippen molar-refractivity contribution < 1.29 is 14.0 Å². The van der Waals surface area contributed by atoms with Crippen molar-refractivity contribution in [3.63, 3.8) is 0 Å². The van der Waals surface area contributed by atoms with E-state index in [-0.39, 0.29) is 30.8 Å². The van der Waals surface area contributed by atoms with Crippen molar-refractivity contribution in [2.45, 2.75) is 57.2 Å². The topological polar surface area (TPSA) is 78.3 Å². The van der Waals surface area contributed by atoms with Crippen LogP contribution in [0.25, 0.3) is 10.9 Å². The summed E-state index contributed by atoms with van der Waals surface area (Å²) < 4.78 is 5.59. The van der Waals surface area contributed by atoms with Gasteiger partial charge in [-0.25, -0.2) is 0 Å². The number of benzene rings is 1. The monoisotopic (exact) mass is 475 g/mol. The molecule has 6 nitrogen and oxygen atoms in total. The first-order valence-corrected chi connectivity index (χ1v) is 12.8. The Morgan fingerprint density at radius 3 is 2.71 bits per heavy atom. The number of para-hydroxylation sites is 1. The van der Waals surface area contributed by atoms with Crippen LogP contribution < -0.4 is 5.32 Å². The fraction of sp³-hybridized carbons (Fsp3) is 0.333. The van der Waals surface area contributed by atoms with Gasteiger partial charge in [0.25, 0.3) is 0 Å². The molecule has 2 amide bonds. The van der Waals surface area contributed by atoms with E-state index in [0.29, 0.717) is 5.76 Å². The van der Waals surface area contributed by atoms with Gasteiger partial charge in [0.05, 0.1) is 19.2 Å². The Morgan fingerprint density at radius 2 is 1.94 bits per heavy atom. The van der Waals surface area contributed by atoms with Crippen molar-refractivity contribution >= 4 is 34.1 Å². The predicted octanol–water partition coefficient (Wildman–Crippen LogP) is 5.58. The number of carbonyl (C=O) groups is 2. The largest absolute Gasteiger partial charge is 0.467 e. The molecule has 3 aromatic heterocycles. The van der Waals surface area contributed by atoms with Crippen LogP contribution in [0.1, 0.15) is 54.3 Å². The number of carbonyl (C=O) groups excluding carboxylic acids is 2. The highest BCUT2D eigenvalue weighted by Gasteiger charge is 2.34. The third kappa shape index (κ3) is 4.94. The molecule has 7 heteroatoms. The molecule has 0 radical (unpaired) electrons. The van der Waals surface area contributed by atoms with Gasteiger partial charge in [-0.3, -0.25) is 9.59 Å². The molecule has 1 aliphatic carbocycles.